The van der Waals surface area contributed by atoms with Gasteiger partial charge in [-0.3, -0.25) is 0 Å². The van der Waals surface area contributed by atoms with E-state index < -0.39 is 0 Å². The summed E-state index contributed by atoms with van der Waals surface area (Å²) in [7, 11) is 0. The maximum absolute atomic E-state index is 2.41. The Morgan fingerprint density at radius 1 is 0.435 bits per heavy atom. The quantitative estimate of drug-likeness (QED) is 0.180. The van der Waals surface area contributed by atoms with Crippen LogP contribution < -0.4 is 0 Å². The van der Waals surface area contributed by atoms with E-state index in [4.69, 9.17) is 0 Å². The average Bonchev–Trinajstić information content (AvgIpc) is 3.13. The Bertz CT molecular complexity index is 2310. The Morgan fingerprint density at radius 2 is 1.02 bits per heavy atom. The average molecular weight is 587 g/mol. The summed E-state index contributed by atoms with van der Waals surface area (Å²) in [6, 6.07) is 42.5. The first-order valence-electron chi connectivity index (χ1n) is 16.5. The third kappa shape index (κ3) is 4.61. The highest BCUT2D eigenvalue weighted by Gasteiger charge is 2.22. The first-order valence-corrected chi connectivity index (χ1v) is 16.5. The zero-order valence-corrected chi connectivity index (χ0v) is 25.8. The fourth-order valence-corrected chi connectivity index (χ4v) is 7.81. The van der Waals surface area contributed by atoms with Crippen molar-refractivity contribution in [3.8, 4) is 22.3 Å². The highest BCUT2D eigenvalue weighted by atomic mass is 14.3. The molecule has 6 aromatic carbocycles. The fourth-order valence-electron chi connectivity index (χ4n) is 7.81. The van der Waals surface area contributed by atoms with Gasteiger partial charge in [-0.05, 0) is 114 Å². The highest BCUT2D eigenvalue weighted by molar-refractivity contribution is 6.19. The number of allylic oxidation sites excluding steroid dienone is 12. The van der Waals surface area contributed by atoms with E-state index >= 15 is 0 Å². The molecular weight excluding hydrogens is 553 g/mol. The summed E-state index contributed by atoms with van der Waals surface area (Å²) in [5.41, 5.74) is 12.3. The van der Waals surface area contributed by atoms with Gasteiger partial charge >= 0.3 is 0 Å². The summed E-state index contributed by atoms with van der Waals surface area (Å²) >= 11 is 0. The van der Waals surface area contributed by atoms with Crippen molar-refractivity contribution < 1.29 is 0 Å². The van der Waals surface area contributed by atoms with Gasteiger partial charge in [0.15, 0.2) is 0 Å². The van der Waals surface area contributed by atoms with Gasteiger partial charge in [-0.2, -0.15) is 0 Å². The zero-order chi connectivity index (χ0) is 30.5. The molecule has 3 aliphatic carbocycles. The molecule has 46 heavy (non-hydrogen) atoms. The Kier molecular flexibility index (Phi) is 6.53. The topological polar surface area (TPSA) is 0 Å². The van der Waals surface area contributed by atoms with Crippen LogP contribution in [-0.4, -0.2) is 0 Å². The van der Waals surface area contributed by atoms with Gasteiger partial charge in [0.1, 0.15) is 0 Å². The van der Waals surface area contributed by atoms with Crippen LogP contribution in [0.15, 0.2) is 181 Å². The summed E-state index contributed by atoms with van der Waals surface area (Å²) in [5, 5.41) is 7.83. The van der Waals surface area contributed by atoms with E-state index in [-0.39, 0.29) is 0 Å². The van der Waals surface area contributed by atoms with Crippen molar-refractivity contribution in [1.29, 1.82) is 0 Å². The highest BCUT2D eigenvalue weighted by Crippen LogP contribution is 2.45. The van der Waals surface area contributed by atoms with Crippen molar-refractivity contribution in [2.45, 2.75) is 19.3 Å². The van der Waals surface area contributed by atoms with E-state index in [0.717, 1.165) is 19.3 Å². The summed E-state index contributed by atoms with van der Waals surface area (Å²) in [6.07, 6.45) is 21.6. The Labute approximate surface area is 270 Å². The second kappa shape index (κ2) is 11.2. The standard InChI is InChI=1S/C46H34/c1-2-10-31(11-3-1)36-24-25-39-30-40(27-26-38(39)29-36)46-43-16-8-6-14-41(43)45(42-15-7-9-17-44(42)46)34-21-18-33(19-22-34)37-23-20-32-12-4-5-13-35(32)28-37/h1-18,20-21,23-27,29-30,35H,19,22,28H2. The molecule has 1 unspecified atom stereocenters. The molecule has 0 saturated heterocycles. The lowest BCUT2D eigenvalue weighted by Gasteiger charge is -2.26. The monoisotopic (exact) mass is 586 g/mol. The van der Waals surface area contributed by atoms with Crippen LogP contribution in [0.5, 0.6) is 0 Å². The molecule has 0 N–H and O–H groups in total. The Balaban J connectivity index is 1.16. The van der Waals surface area contributed by atoms with Crippen LogP contribution in [0.4, 0.5) is 0 Å². The van der Waals surface area contributed by atoms with Gasteiger partial charge in [-0.1, -0.05) is 152 Å². The van der Waals surface area contributed by atoms with Crippen LogP contribution in [0.25, 0.3) is 60.1 Å². The van der Waals surface area contributed by atoms with Gasteiger partial charge in [0.05, 0.1) is 0 Å². The van der Waals surface area contributed by atoms with Gasteiger partial charge in [-0.25, -0.2) is 0 Å². The van der Waals surface area contributed by atoms with Crippen LogP contribution in [-0.2, 0) is 0 Å². The van der Waals surface area contributed by atoms with Gasteiger partial charge in [0, 0.05) is 5.92 Å². The molecule has 218 valence electrons. The Morgan fingerprint density at radius 3 is 1.72 bits per heavy atom. The van der Waals surface area contributed by atoms with E-state index in [1.165, 1.54) is 82.4 Å². The summed E-state index contributed by atoms with van der Waals surface area (Å²) < 4.78 is 0. The van der Waals surface area contributed by atoms with E-state index in [0.29, 0.717) is 5.92 Å². The second-order valence-electron chi connectivity index (χ2n) is 12.8. The van der Waals surface area contributed by atoms with Gasteiger partial charge in [0.2, 0.25) is 0 Å². The van der Waals surface area contributed by atoms with Crippen molar-refractivity contribution in [2.24, 2.45) is 5.92 Å². The lowest BCUT2D eigenvalue weighted by molar-refractivity contribution is 0.741. The smallest absolute Gasteiger partial charge is 0.00615 e. The lowest BCUT2D eigenvalue weighted by Crippen LogP contribution is -2.09. The minimum absolute atomic E-state index is 0.512. The van der Waals surface area contributed by atoms with Crippen molar-refractivity contribution in [3.05, 3.63) is 186 Å². The molecule has 6 aromatic rings. The first-order chi connectivity index (χ1) is 22.8. The van der Waals surface area contributed by atoms with Crippen molar-refractivity contribution in [2.75, 3.05) is 0 Å². The molecule has 0 aliphatic heterocycles. The van der Waals surface area contributed by atoms with Gasteiger partial charge in [-0.15, -0.1) is 0 Å². The summed E-state index contributed by atoms with van der Waals surface area (Å²) in [6.45, 7) is 0. The molecule has 1 atom stereocenters. The molecule has 0 spiro atoms. The number of fused-ring (bicyclic) bond motifs is 4. The van der Waals surface area contributed by atoms with E-state index in [9.17, 15) is 0 Å². The third-order valence-electron chi connectivity index (χ3n) is 10.1. The predicted octanol–water partition coefficient (Wildman–Crippen LogP) is 12.6. The van der Waals surface area contributed by atoms with E-state index in [1.807, 2.05) is 0 Å². The minimum atomic E-state index is 0.512. The molecule has 0 fully saturated rings. The molecule has 0 heterocycles. The molecule has 0 bridgehead atoms. The van der Waals surface area contributed by atoms with Crippen LogP contribution in [0, 0.1) is 5.92 Å². The molecule has 0 radical (unpaired) electrons. The fraction of sp³-hybridized carbons (Fsp3) is 0.0870. The summed E-state index contributed by atoms with van der Waals surface area (Å²) in [4.78, 5) is 0. The summed E-state index contributed by atoms with van der Waals surface area (Å²) in [5.74, 6) is 0.512. The minimum Gasteiger partial charge on any atom is -0.0767 e. The number of hydrogen-bond acceptors (Lipinski definition) is 0. The number of rotatable bonds is 4. The maximum Gasteiger partial charge on any atom is 0.00615 e. The SMILES string of the molecule is C1=CC2=CC=C(C3=CC=C(c4c5ccccc5c(-c5ccc6cc(-c7ccccc7)ccc6c5)c5ccccc45)CC3)CC2C=C1. The molecule has 9 rings (SSSR count). The lowest BCUT2D eigenvalue weighted by atomic mass is 9.78. The molecular formula is C46H34. The molecule has 0 heteroatoms. The Hall–Kier alpha value is -5.46. The predicted molar refractivity (Wildman–Crippen MR) is 198 cm³/mol. The molecule has 0 aromatic heterocycles. The van der Waals surface area contributed by atoms with Crippen LogP contribution in [0.3, 0.4) is 0 Å². The van der Waals surface area contributed by atoms with E-state index in [2.05, 4.69) is 164 Å². The second-order valence-corrected chi connectivity index (χ2v) is 12.8. The van der Waals surface area contributed by atoms with Crippen molar-refractivity contribution in [1.82, 2.24) is 0 Å². The van der Waals surface area contributed by atoms with Gasteiger partial charge in [0.25, 0.3) is 0 Å². The zero-order valence-electron chi connectivity index (χ0n) is 25.8. The third-order valence-corrected chi connectivity index (χ3v) is 10.1. The molecule has 3 aliphatic rings. The van der Waals surface area contributed by atoms with Crippen molar-refractivity contribution >= 4 is 37.9 Å². The van der Waals surface area contributed by atoms with Gasteiger partial charge < -0.3 is 0 Å². The normalized spacial score (nSPS) is 17.4. The molecule has 0 amide bonds. The van der Waals surface area contributed by atoms with E-state index in [1.54, 1.807) is 0 Å². The van der Waals surface area contributed by atoms with Crippen LogP contribution in [0.2, 0.25) is 0 Å². The largest absolute Gasteiger partial charge is 0.0767 e. The van der Waals surface area contributed by atoms with Crippen molar-refractivity contribution in [3.63, 3.8) is 0 Å². The van der Waals surface area contributed by atoms with Crippen LogP contribution in [0.1, 0.15) is 24.8 Å². The number of hydrogen-bond donors (Lipinski definition) is 0. The first kappa shape index (κ1) is 26.9. The molecule has 0 saturated carbocycles. The maximum atomic E-state index is 2.41. The molecule has 0 nitrogen and oxygen atoms in total. The van der Waals surface area contributed by atoms with Crippen LogP contribution >= 0.6 is 0 Å². The number of benzene rings is 6.